The van der Waals surface area contributed by atoms with E-state index in [0.717, 1.165) is 5.56 Å². The van der Waals surface area contributed by atoms with E-state index in [1.54, 1.807) is 6.07 Å². The second-order valence-electron chi connectivity index (χ2n) is 3.80. The molecule has 1 atom stereocenters. The minimum absolute atomic E-state index is 0.254. The third kappa shape index (κ3) is 2.34. The summed E-state index contributed by atoms with van der Waals surface area (Å²) in [5.74, 6) is 0.316. The average molecular weight is 213 g/mol. The molecular formula is C14H15NO. The van der Waals surface area contributed by atoms with Gasteiger partial charge in [-0.25, -0.2) is 0 Å². The number of aromatic hydroxyl groups is 1. The van der Waals surface area contributed by atoms with Crippen molar-refractivity contribution in [2.75, 3.05) is 7.05 Å². The largest absolute Gasteiger partial charge is 0.507 e. The summed E-state index contributed by atoms with van der Waals surface area (Å²) in [4.78, 5) is 2.11. The smallest absolute Gasteiger partial charge is 0.122 e. The Balaban J connectivity index is 2.13. The fraction of sp³-hybridized carbons (Fsp3) is 0.143. The third-order valence-electron chi connectivity index (χ3n) is 2.62. The molecule has 2 rings (SSSR count). The number of phenolic OH excluding ortho intramolecular Hbond substituents is 1. The normalized spacial score (nSPS) is 19.6. The van der Waals surface area contributed by atoms with E-state index in [4.69, 9.17) is 0 Å². The van der Waals surface area contributed by atoms with E-state index in [-0.39, 0.29) is 6.04 Å². The molecule has 0 amide bonds. The lowest BCUT2D eigenvalue weighted by molar-refractivity contribution is 0.434. The van der Waals surface area contributed by atoms with Crippen LogP contribution in [0.15, 0.2) is 54.8 Å². The Morgan fingerprint density at radius 3 is 2.81 bits per heavy atom. The lowest BCUT2D eigenvalue weighted by atomic mass is 10.1. The van der Waals surface area contributed by atoms with Crippen LogP contribution in [-0.2, 0) is 0 Å². The summed E-state index contributed by atoms with van der Waals surface area (Å²) >= 11 is 0. The van der Waals surface area contributed by atoms with Crippen LogP contribution in [0.2, 0.25) is 0 Å². The molecule has 1 N–H and O–H groups in total. The van der Waals surface area contributed by atoms with Crippen molar-refractivity contribution in [1.82, 2.24) is 4.90 Å². The van der Waals surface area contributed by atoms with Crippen LogP contribution in [-0.4, -0.2) is 23.1 Å². The van der Waals surface area contributed by atoms with Gasteiger partial charge in [0, 0.05) is 12.6 Å². The molecule has 1 heterocycles. The fourth-order valence-corrected chi connectivity index (χ4v) is 1.63. The Hall–Kier alpha value is -1.96. The van der Waals surface area contributed by atoms with Crippen LogP contribution in [0.1, 0.15) is 5.56 Å². The van der Waals surface area contributed by atoms with Crippen molar-refractivity contribution in [3.05, 3.63) is 60.3 Å². The van der Waals surface area contributed by atoms with E-state index < -0.39 is 0 Å². The van der Waals surface area contributed by atoms with Crippen molar-refractivity contribution in [2.45, 2.75) is 6.04 Å². The van der Waals surface area contributed by atoms with Gasteiger partial charge in [-0.05, 0) is 18.3 Å². The van der Waals surface area contributed by atoms with Crippen molar-refractivity contribution >= 4 is 6.08 Å². The van der Waals surface area contributed by atoms with E-state index in [1.807, 2.05) is 49.7 Å². The first-order valence-electron chi connectivity index (χ1n) is 5.30. The molecule has 0 saturated heterocycles. The Bertz CT molecular complexity index is 446. The van der Waals surface area contributed by atoms with Gasteiger partial charge in [0.25, 0.3) is 0 Å². The summed E-state index contributed by atoms with van der Waals surface area (Å²) in [6.07, 6.45) is 12.2. The van der Waals surface area contributed by atoms with Gasteiger partial charge in [-0.3, -0.25) is 0 Å². The molecule has 0 radical (unpaired) electrons. The summed E-state index contributed by atoms with van der Waals surface area (Å²) in [5, 5.41) is 9.61. The molecule has 2 heteroatoms. The number of likely N-dealkylation sites (N-methyl/N-ethyl adjacent to an activating group) is 1. The van der Waals surface area contributed by atoms with Gasteiger partial charge < -0.3 is 10.0 Å². The van der Waals surface area contributed by atoms with Gasteiger partial charge in [0.05, 0.1) is 6.04 Å². The number of allylic oxidation sites excluding steroid dienone is 2. The number of hydrogen-bond donors (Lipinski definition) is 1. The molecule has 0 spiro atoms. The molecule has 0 fully saturated rings. The fourth-order valence-electron chi connectivity index (χ4n) is 1.63. The SMILES string of the molecule is CN1C=CC=CC1/C=C/c1ccccc1O. The van der Waals surface area contributed by atoms with Gasteiger partial charge in [0.2, 0.25) is 0 Å². The monoisotopic (exact) mass is 213 g/mol. The van der Waals surface area contributed by atoms with E-state index in [0.29, 0.717) is 5.75 Å². The van der Waals surface area contributed by atoms with Gasteiger partial charge in [-0.1, -0.05) is 42.5 Å². The summed E-state index contributed by atoms with van der Waals surface area (Å²) in [5.41, 5.74) is 0.846. The first-order chi connectivity index (χ1) is 7.77. The second-order valence-corrected chi connectivity index (χ2v) is 3.80. The molecule has 0 aliphatic carbocycles. The van der Waals surface area contributed by atoms with Crippen LogP contribution in [0.3, 0.4) is 0 Å². The molecule has 0 aromatic heterocycles. The highest BCUT2D eigenvalue weighted by molar-refractivity contribution is 5.57. The predicted molar refractivity (Wildman–Crippen MR) is 67.0 cm³/mol. The van der Waals surface area contributed by atoms with Crippen LogP contribution < -0.4 is 0 Å². The van der Waals surface area contributed by atoms with E-state index >= 15 is 0 Å². The van der Waals surface area contributed by atoms with E-state index in [1.165, 1.54) is 0 Å². The lowest BCUT2D eigenvalue weighted by Gasteiger charge is -2.23. The zero-order chi connectivity index (χ0) is 11.4. The topological polar surface area (TPSA) is 23.5 Å². The van der Waals surface area contributed by atoms with E-state index in [2.05, 4.69) is 17.1 Å². The zero-order valence-corrected chi connectivity index (χ0v) is 9.25. The van der Waals surface area contributed by atoms with Gasteiger partial charge in [-0.15, -0.1) is 0 Å². The number of hydrogen-bond acceptors (Lipinski definition) is 2. The standard InChI is InChI=1S/C14H15NO/c1-15-11-5-4-7-13(15)10-9-12-6-2-3-8-14(12)16/h2-11,13,16H,1H3/b10-9+. The van der Waals surface area contributed by atoms with Crippen LogP contribution in [0.25, 0.3) is 6.08 Å². The Kier molecular flexibility index (Phi) is 3.10. The molecule has 0 saturated carbocycles. The third-order valence-corrected chi connectivity index (χ3v) is 2.62. The highest BCUT2D eigenvalue weighted by Gasteiger charge is 2.05. The van der Waals surface area contributed by atoms with Crippen LogP contribution in [0.4, 0.5) is 0 Å². The molecule has 1 aliphatic heterocycles. The first-order valence-corrected chi connectivity index (χ1v) is 5.30. The van der Waals surface area contributed by atoms with Crippen LogP contribution in [0, 0.1) is 0 Å². The lowest BCUT2D eigenvalue weighted by Crippen LogP contribution is -2.24. The van der Waals surface area contributed by atoms with Crippen LogP contribution in [0.5, 0.6) is 5.75 Å². The Morgan fingerprint density at radius 2 is 2.06 bits per heavy atom. The average Bonchev–Trinajstić information content (AvgIpc) is 2.30. The number of para-hydroxylation sites is 1. The van der Waals surface area contributed by atoms with Gasteiger partial charge in [-0.2, -0.15) is 0 Å². The number of phenols is 1. The summed E-state index contributed by atoms with van der Waals surface area (Å²) in [6, 6.07) is 7.58. The summed E-state index contributed by atoms with van der Waals surface area (Å²) < 4.78 is 0. The van der Waals surface area contributed by atoms with Crippen molar-refractivity contribution in [1.29, 1.82) is 0 Å². The molecule has 2 nitrogen and oxygen atoms in total. The van der Waals surface area contributed by atoms with Crippen molar-refractivity contribution in [3.63, 3.8) is 0 Å². The highest BCUT2D eigenvalue weighted by Crippen LogP contribution is 2.18. The van der Waals surface area contributed by atoms with Gasteiger partial charge >= 0.3 is 0 Å². The first kappa shape index (κ1) is 10.6. The molecule has 1 unspecified atom stereocenters. The molecule has 0 bridgehead atoms. The van der Waals surface area contributed by atoms with Crippen molar-refractivity contribution < 1.29 is 5.11 Å². The molecule has 82 valence electrons. The zero-order valence-electron chi connectivity index (χ0n) is 9.25. The number of rotatable bonds is 2. The Labute approximate surface area is 95.8 Å². The molecule has 1 aromatic carbocycles. The predicted octanol–water partition coefficient (Wildman–Crippen LogP) is 2.79. The van der Waals surface area contributed by atoms with Gasteiger partial charge in [0.1, 0.15) is 5.75 Å². The van der Waals surface area contributed by atoms with Gasteiger partial charge in [0.15, 0.2) is 0 Å². The minimum atomic E-state index is 0.254. The summed E-state index contributed by atoms with van der Waals surface area (Å²) in [6.45, 7) is 0. The quantitative estimate of drug-likeness (QED) is 0.816. The second kappa shape index (κ2) is 4.71. The number of nitrogens with zero attached hydrogens (tertiary/aromatic N) is 1. The molecular weight excluding hydrogens is 198 g/mol. The van der Waals surface area contributed by atoms with Crippen molar-refractivity contribution in [3.8, 4) is 5.75 Å². The van der Waals surface area contributed by atoms with Crippen molar-refractivity contribution in [2.24, 2.45) is 0 Å². The maximum absolute atomic E-state index is 9.61. The molecule has 1 aromatic rings. The molecule has 16 heavy (non-hydrogen) atoms. The van der Waals surface area contributed by atoms with E-state index in [9.17, 15) is 5.11 Å². The minimum Gasteiger partial charge on any atom is -0.507 e. The summed E-state index contributed by atoms with van der Waals surface area (Å²) in [7, 11) is 2.03. The Morgan fingerprint density at radius 1 is 1.25 bits per heavy atom. The van der Waals surface area contributed by atoms with Crippen LogP contribution >= 0.6 is 0 Å². The number of benzene rings is 1. The maximum atomic E-state index is 9.61. The highest BCUT2D eigenvalue weighted by atomic mass is 16.3. The maximum Gasteiger partial charge on any atom is 0.122 e. The molecule has 1 aliphatic rings.